The minimum absolute atomic E-state index is 0.0263. The molecule has 2 amide bonds. The summed E-state index contributed by atoms with van der Waals surface area (Å²) in [6, 6.07) is 15.8. The van der Waals surface area contributed by atoms with Gasteiger partial charge in [-0.25, -0.2) is 0 Å². The molecule has 2 aromatic carbocycles. The molecular formula is C25H29N3O3. The molecule has 2 fully saturated rings. The highest BCUT2D eigenvalue weighted by Gasteiger charge is 2.23. The second-order valence-corrected chi connectivity index (χ2v) is 8.15. The second-order valence-electron chi connectivity index (χ2n) is 8.15. The molecule has 31 heavy (non-hydrogen) atoms. The van der Waals surface area contributed by atoms with Crippen molar-refractivity contribution >= 4 is 17.9 Å². The lowest BCUT2D eigenvalue weighted by atomic mass is 10.1. The number of nitrogens with zero attached hydrogens (tertiary/aromatic N) is 2. The maximum atomic E-state index is 12.6. The van der Waals surface area contributed by atoms with Crippen molar-refractivity contribution in [3.05, 3.63) is 71.3 Å². The van der Waals surface area contributed by atoms with Crippen molar-refractivity contribution in [3.63, 3.8) is 0 Å². The van der Waals surface area contributed by atoms with Gasteiger partial charge in [-0.2, -0.15) is 0 Å². The predicted octanol–water partition coefficient (Wildman–Crippen LogP) is 2.95. The van der Waals surface area contributed by atoms with Crippen molar-refractivity contribution < 1.29 is 14.3 Å². The van der Waals surface area contributed by atoms with E-state index in [0.717, 1.165) is 56.9 Å². The Bertz CT molecular complexity index is 925. The highest BCUT2D eigenvalue weighted by Crippen LogP contribution is 2.19. The molecule has 6 nitrogen and oxygen atoms in total. The molecule has 0 bridgehead atoms. The predicted molar refractivity (Wildman–Crippen MR) is 121 cm³/mol. The van der Waals surface area contributed by atoms with Crippen LogP contribution in [-0.2, 0) is 11.3 Å². The molecule has 0 atom stereocenters. The normalized spacial score (nSPS) is 17.0. The van der Waals surface area contributed by atoms with Gasteiger partial charge in [-0.1, -0.05) is 24.3 Å². The molecule has 0 unspecified atom stereocenters. The summed E-state index contributed by atoms with van der Waals surface area (Å²) >= 11 is 0. The van der Waals surface area contributed by atoms with E-state index in [4.69, 9.17) is 4.74 Å². The number of amides is 2. The van der Waals surface area contributed by atoms with Gasteiger partial charge in [-0.05, 0) is 54.3 Å². The third-order valence-electron chi connectivity index (χ3n) is 5.75. The molecule has 1 saturated heterocycles. The van der Waals surface area contributed by atoms with E-state index in [-0.39, 0.29) is 11.8 Å². The fourth-order valence-electron chi connectivity index (χ4n) is 3.63. The number of carbonyl (C=O) groups is 2. The van der Waals surface area contributed by atoms with Crippen LogP contribution in [-0.4, -0.2) is 60.9 Å². The number of rotatable bonds is 7. The zero-order valence-electron chi connectivity index (χ0n) is 17.9. The number of methoxy groups -OCH3 is 1. The van der Waals surface area contributed by atoms with Crippen molar-refractivity contribution in [2.45, 2.75) is 25.4 Å². The van der Waals surface area contributed by atoms with Crippen molar-refractivity contribution in [3.8, 4) is 5.75 Å². The zero-order chi connectivity index (χ0) is 21.6. The Morgan fingerprint density at radius 2 is 1.68 bits per heavy atom. The third kappa shape index (κ3) is 5.95. The van der Waals surface area contributed by atoms with Crippen molar-refractivity contribution in [2.24, 2.45) is 0 Å². The van der Waals surface area contributed by atoms with Crippen LogP contribution in [0.4, 0.5) is 0 Å². The third-order valence-corrected chi connectivity index (χ3v) is 5.75. The van der Waals surface area contributed by atoms with Crippen molar-refractivity contribution in [1.82, 2.24) is 15.1 Å². The van der Waals surface area contributed by atoms with Crippen LogP contribution in [0.3, 0.4) is 0 Å². The van der Waals surface area contributed by atoms with Gasteiger partial charge in [0.15, 0.2) is 0 Å². The van der Waals surface area contributed by atoms with Gasteiger partial charge in [0, 0.05) is 50.4 Å². The molecular weight excluding hydrogens is 390 g/mol. The van der Waals surface area contributed by atoms with Gasteiger partial charge in [0.05, 0.1) is 7.11 Å². The largest absolute Gasteiger partial charge is 0.497 e. The van der Waals surface area contributed by atoms with Crippen LogP contribution in [0.15, 0.2) is 54.6 Å². The Labute approximate surface area is 183 Å². The van der Waals surface area contributed by atoms with Gasteiger partial charge in [-0.3, -0.25) is 14.5 Å². The van der Waals surface area contributed by atoms with Gasteiger partial charge in [0.1, 0.15) is 5.75 Å². The number of piperazine rings is 1. The number of carbonyl (C=O) groups excluding carboxylic acids is 2. The number of nitrogens with one attached hydrogen (secondary N) is 1. The molecule has 4 rings (SSSR count). The molecule has 0 aromatic heterocycles. The molecule has 162 valence electrons. The van der Waals surface area contributed by atoms with Crippen LogP contribution in [0, 0.1) is 0 Å². The fraction of sp³-hybridized carbons (Fsp3) is 0.360. The molecule has 6 heteroatoms. The molecule has 0 radical (unpaired) electrons. The Morgan fingerprint density at radius 3 is 2.29 bits per heavy atom. The number of ether oxygens (including phenoxy) is 1. The average molecular weight is 420 g/mol. The Balaban J connectivity index is 1.23. The summed E-state index contributed by atoms with van der Waals surface area (Å²) in [5.74, 6) is 0.864. The molecule has 2 aromatic rings. The molecule has 1 aliphatic carbocycles. The first kappa shape index (κ1) is 21.1. The minimum atomic E-state index is -0.0263. The summed E-state index contributed by atoms with van der Waals surface area (Å²) < 4.78 is 5.20. The Hall–Kier alpha value is -3.12. The second kappa shape index (κ2) is 9.79. The summed E-state index contributed by atoms with van der Waals surface area (Å²) in [7, 11) is 1.67. The van der Waals surface area contributed by atoms with E-state index in [9.17, 15) is 9.59 Å². The maximum Gasteiger partial charge on any atom is 0.251 e. The summed E-state index contributed by atoms with van der Waals surface area (Å²) in [6.07, 6.45) is 5.59. The molecule has 0 spiro atoms. The smallest absolute Gasteiger partial charge is 0.251 e. The van der Waals surface area contributed by atoms with Crippen LogP contribution in [0.2, 0.25) is 0 Å². The van der Waals surface area contributed by atoms with E-state index in [2.05, 4.69) is 22.3 Å². The summed E-state index contributed by atoms with van der Waals surface area (Å²) in [6.45, 7) is 4.04. The van der Waals surface area contributed by atoms with E-state index in [1.165, 1.54) is 5.56 Å². The molecule has 1 saturated carbocycles. The minimum Gasteiger partial charge on any atom is -0.497 e. The molecule has 1 N–H and O–H groups in total. The van der Waals surface area contributed by atoms with Crippen LogP contribution in [0.1, 0.15) is 34.3 Å². The Morgan fingerprint density at radius 1 is 1.00 bits per heavy atom. The maximum absolute atomic E-state index is 12.6. The Kier molecular flexibility index (Phi) is 6.67. The molecule has 1 heterocycles. The SMILES string of the molecule is COc1ccc(CN2CCN(C(=O)/C=C/c3ccc(C(=O)NC4CC4)cc3)CC2)cc1. The first-order valence-corrected chi connectivity index (χ1v) is 10.8. The summed E-state index contributed by atoms with van der Waals surface area (Å²) in [5.41, 5.74) is 2.81. The van der Waals surface area contributed by atoms with E-state index >= 15 is 0 Å². The van der Waals surface area contributed by atoms with E-state index in [1.54, 1.807) is 25.3 Å². The van der Waals surface area contributed by atoms with Crippen molar-refractivity contribution in [1.29, 1.82) is 0 Å². The quantitative estimate of drug-likeness (QED) is 0.701. The van der Waals surface area contributed by atoms with Crippen LogP contribution in [0.25, 0.3) is 6.08 Å². The van der Waals surface area contributed by atoms with Gasteiger partial charge >= 0.3 is 0 Å². The van der Waals surface area contributed by atoms with E-state index < -0.39 is 0 Å². The monoisotopic (exact) mass is 419 g/mol. The highest BCUT2D eigenvalue weighted by molar-refractivity contribution is 5.95. The van der Waals surface area contributed by atoms with Crippen LogP contribution >= 0.6 is 0 Å². The fourth-order valence-corrected chi connectivity index (χ4v) is 3.63. The standard InChI is InChI=1S/C25H29N3O3/c1-31-23-11-4-20(5-12-23)18-27-14-16-28(17-15-27)24(29)13-6-19-2-7-21(8-3-19)25(30)26-22-9-10-22/h2-8,11-13,22H,9-10,14-18H2,1H3,(H,26,30)/b13-6+. The first-order chi connectivity index (χ1) is 15.1. The van der Waals surface area contributed by atoms with E-state index in [1.807, 2.05) is 35.2 Å². The van der Waals surface area contributed by atoms with Gasteiger partial charge < -0.3 is 15.0 Å². The number of benzene rings is 2. The number of hydrogen-bond acceptors (Lipinski definition) is 4. The summed E-state index contributed by atoms with van der Waals surface area (Å²) in [5, 5.41) is 2.98. The lowest BCUT2D eigenvalue weighted by molar-refractivity contribution is -0.127. The lowest BCUT2D eigenvalue weighted by Crippen LogP contribution is -2.47. The van der Waals surface area contributed by atoms with Gasteiger partial charge in [-0.15, -0.1) is 0 Å². The first-order valence-electron chi connectivity index (χ1n) is 10.8. The van der Waals surface area contributed by atoms with Gasteiger partial charge in [0.2, 0.25) is 5.91 Å². The van der Waals surface area contributed by atoms with E-state index in [0.29, 0.717) is 11.6 Å². The van der Waals surface area contributed by atoms with Gasteiger partial charge in [0.25, 0.3) is 5.91 Å². The molecule has 2 aliphatic rings. The molecule has 1 aliphatic heterocycles. The lowest BCUT2D eigenvalue weighted by Gasteiger charge is -2.34. The van der Waals surface area contributed by atoms with Crippen molar-refractivity contribution in [2.75, 3.05) is 33.3 Å². The topological polar surface area (TPSA) is 61.9 Å². The van der Waals surface area contributed by atoms with Crippen LogP contribution in [0.5, 0.6) is 5.75 Å². The number of hydrogen-bond donors (Lipinski definition) is 1. The van der Waals surface area contributed by atoms with Crippen LogP contribution < -0.4 is 10.1 Å². The average Bonchev–Trinajstić information content (AvgIpc) is 3.63. The summed E-state index contributed by atoms with van der Waals surface area (Å²) in [4.78, 5) is 28.9. The zero-order valence-corrected chi connectivity index (χ0v) is 17.9. The highest BCUT2D eigenvalue weighted by atomic mass is 16.5.